The Kier molecular flexibility index (Phi) is 4.09. The zero-order valence-corrected chi connectivity index (χ0v) is 12.7. The molecule has 1 aliphatic rings. The lowest BCUT2D eigenvalue weighted by Gasteiger charge is -2.18. The maximum Gasteiger partial charge on any atom is 0.113 e. The van der Waals surface area contributed by atoms with Crippen LogP contribution in [0.5, 0.6) is 0 Å². The predicted octanol–water partition coefficient (Wildman–Crippen LogP) is 1.60. The lowest BCUT2D eigenvalue weighted by atomic mass is 10.3. The first-order valence-electron chi connectivity index (χ1n) is 6.80. The lowest BCUT2D eigenvalue weighted by molar-refractivity contribution is 0.178. The standard InChI is InChI=1S/C13H19N5OS/c1-10-14-11(9-20-10)6-17-4-3-5-18-13(7-17)12(8-19-2)15-16-18/h9H,3-8H2,1-2H3. The Morgan fingerprint density at radius 2 is 2.30 bits per heavy atom. The number of aryl methyl sites for hydroxylation is 2. The topological polar surface area (TPSA) is 56.1 Å². The van der Waals surface area contributed by atoms with Crippen LogP contribution in [0.3, 0.4) is 0 Å². The minimum Gasteiger partial charge on any atom is -0.378 e. The summed E-state index contributed by atoms with van der Waals surface area (Å²) in [5, 5.41) is 11.7. The van der Waals surface area contributed by atoms with Gasteiger partial charge in [-0.15, -0.1) is 16.4 Å². The van der Waals surface area contributed by atoms with Crippen molar-refractivity contribution in [1.29, 1.82) is 0 Å². The quantitative estimate of drug-likeness (QED) is 0.857. The molecule has 6 nitrogen and oxygen atoms in total. The van der Waals surface area contributed by atoms with Crippen LogP contribution in [0.15, 0.2) is 5.38 Å². The highest BCUT2D eigenvalue weighted by molar-refractivity contribution is 7.09. The summed E-state index contributed by atoms with van der Waals surface area (Å²) in [6, 6.07) is 0. The summed E-state index contributed by atoms with van der Waals surface area (Å²) < 4.78 is 7.22. The number of rotatable bonds is 4. The van der Waals surface area contributed by atoms with Crippen LogP contribution in [0, 0.1) is 6.92 Å². The SMILES string of the molecule is COCc1nnn2c1CN(Cc1csc(C)n1)CCC2. The van der Waals surface area contributed by atoms with Crippen molar-refractivity contribution in [3.8, 4) is 0 Å². The van der Waals surface area contributed by atoms with Crippen molar-refractivity contribution in [1.82, 2.24) is 24.9 Å². The number of aromatic nitrogens is 4. The maximum atomic E-state index is 5.20. The smallest absolute Gasteiger partial charge is 0.113 e. The minimum atomic E-state index is 0.527. The van der Waals surface area contributed by atoms with Crippen molar-refractivity contribution >= 4 is 11.3 Å². The molecule has 0 aliphatic carbocycles. The van der Waals surface area contributed by atoms with Gasteiger partial charge in [0.2, 0.25) is 0 Å². The number of hydrogen-bond donors (Lipinski definition) is 0. The molecular weight excluding hydrogens is 274 g/mol. The van der Waals surface area contributed by atoms with Crippen LogP contribution in [-0.2, 0) is 31.0 Å². The fraction of sp³-hybridized carbons (Fsp3) is 0.615. The summed E-state index contributed by atoms with van der Waals surface area (Å²) in [4.78, 5) is 6.96. The molecule has 3 rings (SSSR count). The first-order chi connectivity index (χ1) is 9.76. The molecule has 0 saturated heterocycles. The molecule has 0 atom stereocenters. The van der Waals surface area contributed by atoms with Crippen LogP contribution in [0.1, 0.15) is 28.5 Å². The zero-order chi connectivity index (χ0) is 13.9. The second-order valence-electron chi connectivity index (χ2n) is 5.06. The summed E-state index contributed by atoms with van der Waals surface area (Å²) in [7, 11) is 1.69. The normalized spacial score (nSPS) is 16.1. The van der Waals surface area contributed by atoms with E-state index >= 15 is 0 Å². The molecule has 7 heteroatoms. The van der Waals surface area contributed by atoms with Crippen LogP contribution in [0.2, 0.25) is 0 Å². The average molecular weight is 293 g/mol. The summed E-state index contributed by atoms with van der Waals surface area (Å²) in [5.74, 6) is 0. The van der Waals surface area contributed by atoms with Crippen LogP contribution >= 0.6 is 11.3 Å². The van der Waals surface area contributed by atoms with Gasteiger partial charge in [0.25, 0.3) is 0 Å². The van der Waals surface area contributed by atoms with Crippen molar-refractivity contribution in [2.75, 3.05) is 13.7 Å². The monoisotopic (exact) mass is 293 g/mol. The Bertz CT molecular complexity index is 579. The molecule has 0 aromatic carbocycles. The number of thiazole rings is 1. The summed E-state index contributed by atoms with van der Waals surface area (Å²) in [6.45, 7) is 6.32. The van der Waals surface area contributed by atoms with Crippen molar-refractivity contribution in [3.63, 3.8) is 0 Å². The van der Waals surface area contributed by atoms with E-state index in [-0.39, 0.29) is 0 Å². The molecule has 2 aromatic rings. The minimum absolute atomic E-state index is 0.527. The molecular formula is C13H19N5OS. The van der Waals surface area contributed by atoms with E-state index in [0.29, 0.717) is 6.61 Å². The van der Waals surface area contributed by atoms with E-state index < -0.39 is 0 Å². The van der Waals surface area contributed by atoms with Crippen LogP contribution in [0.25, 0.3) is 0 Å². The zero-order valence-electron chi connectivity index (χ0n) is 11.9. The van der Waals surface area contributed by atoms with E-state index in [4.69, 9.17) is 4.74 Å². The Morgan fingerprint density at radius 3 is 3.05 bits per heavy atom. The molecule has 2 aromatic heterocycles. The molecule has 0 radical (unpaired) electrons. The highest BCUT2D eigenvalue weighted by Gasteiger charge is 2.20. The Hall–Kier alpha value is -1.31. The van der Waals surface area contributed by atoms with Crippen molar-refractivity contribution in [3.05, 3.63) is 27.5 Å². The third-order valence-corrected chi connectivity index (χ3v) is 4.29. The average Bonchev–Trinajstić information content (AvgIpc) is 2.93. The van der Waals surface area contributed by atoms with Crippen molar-refractivity contribution in [2.45, 2.75) is 39.6 Å². The Labute approximate surface area is 122 Å². The molecule has 3 heterocycles. The van der Waals surface area contributed by atoms with Crippen molar-refractivity contribution in [2.24, 2.45) is 0 Å². The fourth-order valence-electron chi connectivity index (χ4n) is 2.55. The largest absolute Gasteiger partial charge is 0.378 e. The van der Waals surface area contributed by atoms with Crippen molar-refractivity contribution < 1.29 is 4.74 Å². The number of ether oxygens (including phenoxy) is 1. The van der Waals surface area contributed by atoms with Gasteiger partial charge in [0.15, 0.2) is 0 Å². The molecule has 108 valence electrons. The molecule has 1 aliphatic heterocycles. The van der Waals surface area contributed by atoms with Gasteiger partial charge in [-0.1, -0.05) is 5.21 Å². The molecule has 0 amide bonds. The molecule has 0 fully saturated rings. The van der Waals surface area contributed by atoms with E-state index in [2.05, 4.69) is 25.6 Å². The first-order valence-corrected chi connectivity index (χ1v) is 7.68. The number of nitrogens with zero attached hydrogens (tertiary/aromatic N) is 5. The van der Waals surface area contributed by atoms with Crippen LogP contribution in [0.4, 0.5) is 0 Å². The number of methoxy groups -OCH3 is 1. The Balaban J connectivity index is 1.76. The number of fused-ring (bicyclic) bond motifs is 1. The van der Waals surface area contributed by atoms with Gasteiger partial charge < -0.3 is 4.74 Å². The fourth-order valence-corrected chi connectivity index (χ4v) is 3.15. The first kappa shape index (κ1) is 13.7. The lowest BCUT2D eigenvalue weighted by Crippen LogP contribution is -2.23. The molecule has 0 unspecified atom stereocenters. The second-order valence-corrected chi connectivity index (χ2v) is 6.12. The highest BCUT2D eigenvalue weighted by Crippen LogP contribution is 2.18. The summed E-state index contributed by atoms with van der Waals surface area (Å²) >= 11 is 1.71. The summed E-state index contributed by atoms with van der Waals surface area (Å²) in [5.41, 5.74) is 3.28. The molecule has 0 bridgehead atoms. The third kappa shape index (κ3) is 2.89. The molecule has 0 saturated carbocycles. The van der Waals surface area contributed by atoms with E-state index in [1.54, 1.807) is 18.4 Å². The second kappa shape index (κ2) is 5.99. The van der Waals surface area contributed by atoms with E-state index in [9.17, 15) is 0 Å². The van der Waals surface area contributed by atoms with Gasteiger partial charge in [-0.25, -0.2) is 9.67 Å². The van der Waals surface area contributed by atoms with Crippen LogP contribution < -0.4 is 0 Å². The van der Waals surface area contributed by atoms with Gasteiger partial charge in [0.05, 0.1) is 23.0 Å². The molecule has 20 heavy (non-hydrogen) atoms. The highest BCUT2D eigenvalue weighted by atomic mass is 32.1. The van der Waals surface area contributed by atoms with Gasteiger partial charge in [-0.05, 0) is 13.3 Å². The van der Waals surface area contributed by atoms with E-state index in [1.165, 1.54) is 5.69 Å². The predicted molar refractivity (Wildman–Crippen MR) is 76.3 cm³/mol. The van der Waals surface area contributed by atoms with Gasteiger partial charge >= 0.3 is 0 Å². The van der Waals surface area contributed by atoms with Gasteiger partial charge in [0.1, 0.15) is 5.69 Å². The molecule has 0 N–H and O–H groups in total. The van der Waals surface area contributed by atoms with E-state index in [0.717, 1.165) is 49.0 Å². The van der Waals surface area contributed by atoms with E-state index in [1.807, 2.05) is 11.6 Å². The van der Waals surface area contributed by atoms with Crippen LogP contribution in [-0.4, -0.2) is 38.5 Å². The van der Waals surface area contributed by atoms with Gasteiger partial charge in [0, 0.05) is 38.7 Å². The third-order valence-electron chi connectivity index (χ3n) is 3.47. The number of hydrogen-bond acceptors (Lipinski definition) is 6. The Morgan fingerprint density at radius 1 is 1.40 bits per heavy atom. The maximum absolute atomic E-state index is 5.20. The summed E-state index contributed by atoms with van der Waals surface area (Å²) in [6.07, 6.45) is 1.09. The van der Waals surface area contributed by atoms with Gasteiger partial charge in [-0.3, -0.25) is 4.90 Å². The van der Waals surface area contributed by atoms with Gasteiger partial charge in [-0.2, -0.15) is 0 Å². The molecule has 0 spiro atoms.